The van der Waals surface area contributed by atoms with Crippen molar-refractivity contribution < 1.29 is 14.5 Å². The minimum absolute atomic E-state index is 0.109. The Kier molecular flexibility index (Phi) is 2.30. The highest BCUT2D eigenvalue weighted by molar-refractivity contribution is 6.22. The fourth-order valence-electron chi connectivity index (χ4n) is 4.96. The average Bonchev–Trinajstić information content (AvgIpc) is 3.32. The van der Waals surface area contributed by atoms with E-state index in [0.29, 0.717) is 17.5 Å². The summed E-state index contributed by atoms with van der Waals surface area (Å²) >= 11 is 0. The highest BCUT2D eigenvalue weighted by Crippen LogP contribution is 2.65. The summed E-state index contributed by atoms with van der Waals surface area (Å²) in [7, 11) is 0. The molecule has 2 amide bonds. The molecule has 4 aliphatic carbocycles. The van der Waals surface area contributed by atoms with Crippen LogP contribution in [0.2, 0.25) is 0 Å². The lowest BCUT2D eigenvalue weighted by Gasteiger charge is -2.37. The van der Waals surface area contributed by atoms with Gasteiger partial charge in [-0.05, 0) is 36.2 Å². The van der Waals surface area contributed by atoms with Gasteiger partial charge in [-0.2, -0.15) is 0 Å². The summed E-state index contributed by atoms with van der Waals surface area (Å²) in [5.41, 5.74) is 0.207. The minimum atomic E-state index is -0.512. The van der Waals surface area contributed by atoms with Crippen LogP contribution in [0.4, 0.5) is 11.4 Å². The monoisotopic (exact) mass is 310 g/mol. The van der Waals surface area contributed by atoms with E-state index in [1.165, 1.54) is 23.1 Å². The van der Waals surface area contributed by atoms with Gasteiger partial charge in [-0.1, -0.05) is 18.2 Å². The first-order valence-electron chi connectivity index (χ1n) is 7.88. The zero-order valence-electron chi connectivity index (χ0n) is 12.2. The maximum absolute atomic E-state index is 12.9. The van der Waals surface area contributed by atoms with Gasteiger partial charge in [0, 0.05) is 12.1 Å². The third-order valence-electron chi connectivity index (χ3n) is 5.96. The lowest BCUT2D eigenvalue weighted by molar-refractivity contribution is -0.384. The molecule has 0 spiro atoms. The molecule has 2 bridgehead atoms. The molecular formula is C17H14N2O4. The second kappa shape index (κ2) is 4.07. The molecule has 6 nitrogen and oxygen atoms in total. The number of rotatable bonds is 2. The molecule has 116 valence electrons. The van der Waals surface area contributed by atoms with E-state index in [0.717, 1.165) is 6.42 Å². The van der Waals surface area contributed by atoms with Crippen LogP contribution in [-0.4, -0.2) is 16.7 Å². The van der Waals surface area contributed by atoms with E-state index in [9.17, 15) is 19.7 Å². The third kappa shape index (κ3) is 1.53. The van der Waals surface area contributed by atoms with E-state index in [2.05, 4.69) is 12.2 Å². The van der Waals surface area contributed by atoms with Gasteiger partial charge in [0.15, 0.2) is 0 Å². The molecule has 6 atom stereocenters. The lowest BCUT2D eigenvalue weighted by atomic mass is 9.63. The Hall–Kier alpha value is -2.50. The Morgan fingerprint density at radius 2 is 1.65 bits per heavy atom. The maximum atomic E-state index is 12.9. The van der Waals surface area contributed by atoms with Crippen molar-refractivity contribution in [3.63, 3.8) is 0 Å². The van der Waals surface area contributed by atoms with Crippen LogP contribution in [-0.2, 0) is 9.59 Å². The van der Waals surface area contributed by atoms with E-state index in [1.807, 2.05) is 0 Å². The second-order valence-electron chi connectivity index (χ2n) is 6.94. The van der Waals surface area contributed by atoms with Gasteiger partial charge < -0.3 is 0 Å². The molecule has 6 heteroatoms. The Morgan fingerprint density at radius 3 is 2.22 bits per heavy atom. The van der Waals surface area contributed by atoms with Crippen LogP contribution in [0.1, 0.15) is 6.42 Å². The molecule has 0 N–H and O–H groups in total. The van der Waals surface area contributed by atoms with Crippen LogP contribution >= 0.6 is 0 Å². The standard InChI is InChI=1S/C17H14N2O4/c20-16-14-10-4-5-11(13-7-12(10)13)15(14)17(21)18(16)8-2-1-3-9(6-8)19(22)23/h1-6,10-15H,7H2/t10-,11+,12-,13+,14+,15-. The molecule has 6 rings (SSSR count). The Balaban J connectivity index is 1.57. The number of non-ortho nitro benzene ring substituents is 1. The minimum Gasteiger partial charge on any atom is -0.274 e. The average molecular weight is 310 g/mol. The van der Waals surface area contributed by atoms with E-state index in [-0.39, 0.29) is 41.2 Å². The van der Waals surface area contributed by atoms with Gasteiger partial charge in [0.05, 0.1) is 22.4 Å². The van der Waals surface area contributed by atoms with Gasteiger partial charge in [0.25, 0.3) is 5.69 Å². The number of nitrogens with zero attached hydrogens (tertiary/aromatic N) is 2. The molecular weight excluding hydrogens is 296 g/mol. The van der Waals surface area contributed by atoms with E-state index in [1.54, 1.807) is 6.07 Å². The first kappa shape index (κ1) is 13.0. The molecule has 0 radical (unpaired) electrons. The highest BCUT2D eigenvalue weighted by Gasteiger charge is 2.67. The van der Waals surface area contributed by atoms with Crippen LogP contribution in [0.3, 0.4) is 0 Å². The van der Waals surface area contributed by atoms with Crippen molar-refractivity contribution >= 4 is 23.2 Å². The van der Waals surface area contributed by atoms with Crippen LogP contribution in [0.5, 0.6) is 0 Å². The van der Waals surface area contributed by atoms with Crippen LogP contribution in [0.25, 0.3) is 0 Å². The number of nitro benzene ring substituents is 1. The Bertz CT molecular complexity index is 766. The van der Waals surface area contributed by atoms with Crippen molar-refractivity contribution in [2.24, 2.45) is 35.5 Å². The number of hydrogen-bond acceptors (Lipinski definition) is 4. The summed E-state index contributed by atoms with van der Waals surface area (Å²) in [6, 6.07) is 5.78. The molecule has 1 aromatic carbocycles. The fraction of sp³-hybridized carbons (Fsp3) is 0.412. The number of carbonyl (C=O) groups is 2. The summed E-state index contributed by atoms with van der Waals surface area (Å²) in [4.78, 5) is 37.4. The van der Waals surface area contributed by atoms with Gasteiger partial charge >= 0.3 is 0 Å². The normalized spacial score (nSPS) is 39.4. The second-order valence-corrected chi connectivity index (χ2v) is 6.94. The van der Waals surface area contributed by atoms with Crippen LogP contribution in [0.15, 0.2) is 36.4 Å². The first-order chi connectivity index (χ1) is 11.1. The highest BCUT2D eigenvalue weighted by atomic mass is 16.6. The number of carbonyl (C=O) groups excluding carboxylic acids is 2. The number of nitro groups is 1. The molecule has 2 saturated carbocycles. The van der Waals surface area contributed by atoms with E-state index >= 15 is 0 Å². The summed E-state index contributed by atoms with van der Waals surface area (Å²) in [5.74, 6) is 0.489. The number of benzene rings is 1. The number of amides is 2. The predicted octanol–water partition coefficient (Wildman–Crippen LogP) is 2.15. The summed E-state index contributed by atoms with van der Waals surface area (Å²) < 4.78 is 0. The van der Waals surface area contributed by atoms with Gasteiger partial charge in [0.1, 0.15) is 0 Å². The van der Waals surface area contributed by atoms with Gasteiger partial charge in [0.2, 0.25) is 11.8 Å². The van der Waals surface area contributed by atoms with Gasteiger partial charge in [-0.25, -0.2) is 4.90 Å². The Labute approximate surface area is 131 Å². The zero-order chi connectivity index (χ0) is 15.9. The third-order valence-corrected chi connectivity index (χ3v) is 5.96. The SMILES string of the molecule is O=C1[C@@H]2[C@H]3C=C[C@H]([C@H]4C[C@@H]34)[C@@H]2C(=O)N1c1cccc([N+](=O)[O-])c1. The summed E-state index contributed by atoms with van der Waals surface area (Å²) in [6.07, 6.45) is 5.34. The molecule has 5 aliphatic rings. The number of anilines is 1. The molecule has 23 heavy (non-hydrogen) atoms. The largest absolute Gasteiger partial charge is 0.274 e. The van der Waals surface area contributed by atoms with Gasteiger partial charge in [-0.15, -0.1) is 0 Å². The molecule has 1 heterocycles. The molecule has 1 aliphatic heterocycles. The summed E-state index contributed by atoms with van der Waals surface area (Å²) in [6.45, 7) is 0. The molecule has 1 aromatic rings. The molecule has 3 fully saturated rings. The van der Waals surface area contributed by atoms with E-state index in [4.69, 9.17) is 0 Å². The topological polar surface area (TPSA) is 80.5 Å². The van der Waals surface area contributed by atoms with Crippen molar-refractivity contribution in [1.82, 2.24) is 0 Å². The van der Waals surface area contributed by atoms with Crippen molar-refractivity contribution in [3.8, 4) is 0 Å². The Morgan fingerprint density at radius 1 is 1.04 bits per heavy atom. The van der Waals surface area contributed by atoms with Crippen molar-refractivity contribution in [1.29, 1.82) is 0 Å². The fourth-order valence-corrected chi connectivity index (χ4v) is 4.96. The van der Waals surface area contributed by atoms with Crippen molar-refractivity contribution in [3.05, 3.63) is 46.5 Å². The zero-order valence-corrected chi connectivity index (χ0v) is 12.2. The quantitative estimate of drug-likeness (QED) is 0.363. The van der Waals surface area contributed by atoms with Crippen molar-refractivity contribution in [2.45, 2.75) is 6.42 Å². The van der Waals surface area contributed by atoms with E-state index < -0.39 is 4.92 Å². The smallest absolute Gasteiger partial charge is 0.271 e. The molecule has 0 unspecified atom stereocenters. The maximum Gasteiger partial charge on any atom is 0.271 e. The number of hydrogen-bond donors (Lipinski definition) is 0. The van der Waals surface area contributed by atoms with Crippen LogP contribution in [0, 0.1) is 45.6 Å². The lowest BCUT2D eigenvalue weighted by Crippen LogP contribution is -2.40. The molecule has 1 saturated heterocycles. The van der Waals surface area contributed by atoms with Crippen molar-refractivity contribution in [2.75, 3.05) is 4.90 Å². The van der Waals surface area contributed by atoms with Crippen LogP contribution < -0.4 is 4.90 Å². The molecule has 0 aromatic heterocycles. The summed E-state index contributed by atoms with van der Waals surface area (Å²) in [5, 5.41) is 11.0. The van der Waals surface area contributed by atoms with Gasteiger partial charge in [-0.3, -0.25) is 19.7 Å². The predicted molar refractivity (Wildman–Crippen MR) is 80.3 cm³/mol. The number of imide groups is 1. The first-order valence-corrected chi connectivity index (χ1v) is 7.88. The number of allylic oxidation sites excluding steroid dienone is 2.